The summed E-state index contributed by atoms with van der Waals surface area (Å²) >= 11 is 0. The second-order valence-electron chi connectivity index (χ2n) is 22.9. The van der Waals surface area contributed by atoms with Gasteiger partial charge in [-0.05, 0) is 104 Å². The predicted molar refractivity (Wildman–Crippen MR) is 226 cm³/mol. The molecule has 65 heavy (non-hydrogen) atoms. The van der Waals surface area contributed by atoms with Gasteiger partial charge in [-0.2, -0.15) is 0 Å². The summed E-state index contributed by atoms with van der Waals surface area (Å²) in [6, 6.07) is 0. The molecule has 5 aliphatic carbocycles. The molecule has 9 unspecified atom stereocenters. The van der Waals surface area contributed by atoms with E-state index >= 15 is 0 Å². The highest BCUT2D eigenvalue weighted by Gasteiger charge is 2.70. The number of hydrogen-bond acceptors (Lipinski definition) is 18. The summed E-state index contributed by atoms with van der Waals surface area (Å²) in [6.45, 7) is 12.1. The van der Waals surface area contributed by atoms with Gasteiger partial charge in [-0.25, -0.2) is 0 Å². The van der Waals surface area contributed by atoms with Crippen LogP contribution in [0.3, 0.4) is 0 Å². The third kappa shape index (κ3) is 7.89. The van der Waals surface area contributed by atoms with E-state index in [2.05, 4.69) is 47.6 Å². The maximum absolute atomic E-state index is 14.9. The summed E-state index contributed by atoms with van der Waals surface area (Å²) in [5.74, 6) is -0.485. The average Bonchev–Trinajstić information content (AvgIpc) is 3.26. The molecule has 8 aliphatic rings. The molecule has 11 N–H and O–H groups in total. The molecule has 18 heteroatoms. The van der Waals surface area contributed by atoms with E-state index in [-0.39, 0.29) is 52.6 Å². The molecule has 4 saturated carbocycles. The first-order valence-corrected chi connectivity index (χ1v) is 23.9. The molecule has 0 aromatic carbocycles. The standard InChI is InChI=1S/C47H76O18/c1-42(2)13-15-47(41(59)65-40-37(58)34(55)32(53)26(63-40)20-61-38-36(57)33(54)31(52)25(18-48)62-38)16-14-45(5)22(23(47)17-42)7-8-28-43(3)11-10-29(64-39-35(56)30(51)24(50)19-60-39)44(4,21-49)27(43)9-12-46(28,45)6/h7,23-40,48-58H,8-21H2,1-6H3/t23?,24-,25+,26+,27?,28?,29?,30-,31+,32+,33-,34-,35+,36+,37+,38?,39-,40?,43?,44-,45+,46?,47?/m0/s1. The Morgan fingerprint density at radius 3 is 2.00 bits per heavy atom. The van der Waals surface area contributed by atoms with E-state index in [1.807, 2.05) is 0 Å². The molecule has 18 nitrogen and oxygen atoms in total. The van der Waals surface area contributed by atoms with Gasteiger partial charge < -0.3 is 84.6 Å². The molecule has 23 atom stereocenters. The van der Waals surface area contributed by atoms with Crippen molar-refractivity contribution >= 4 is 5.97 Å². The van der Waals surface area contributed by atoms with Crippen LogP contribution in [0.25, 0.3) is 0 Å². The Hall–Kier alpha value is -1.43. The van der Waals surface area contributed by atoms with Crippen LogP contribution >= 0.6 is 0 Å². The van der Waals surface area contributed by atoms with E-state index in [0.29, 0.717) is 25.7 Å². The molecule has 0 amide bonds. The minimum absolute atomic E-state index is 0.0557. The summed E-state index contributed by atoms with van der Waals surface area (Å²) in [7, 11) is 0. The van der Waals surface area contributed by atoms with Crippen LogP contribution in [0.4, 0.5) is 0 Å². The fourth-order valence-corrected chi connectivity index (χ4v) is 14.7. The number of esters is 1. The molecule has 3 aliphatic heterocycles. The highest BCUT2D eigenvalue weighted by Crippen LogP contribution is 2.76. The first-order valence-electron chi connectivity index (χ1n) is 23.9. The first-order chi connectivity index (χ1) is 30.4. The monoisotopic (exact) mass is 929 g/mol. The molecule has 7 fully saturated rings. The predicted octanol–water partition coefficient (Wildman–Crippen LogP) is -0.248. The van der Waals surface area contributed by atoms with Crippen LogP contribution in [-0.4, -0.2) is 181 Å². The third-order valence-corrected chi connectivity index (χ3v) is 19.0. The second kappa shape index (κ2) is 17.8. The molecule has 3 saturated heterocycles. The van der Waals surface area contributed by atoms with Crippen molar-refractivity contribution in [3.63, 3.8) is 0 Å². The van der Waals surface area contributed by atoms with Gasteiger partial charge in [-0.15, -0.1) is 0 Å². The van der Waals surface area contributed by atoms with E-state index in [4.69, 9.17) is 28.4 Å². The Balaban J connectivity index is 1.02. The quantitative estimate of drug-likeness (QED) is 0.0808. The number of carbonyl (C=O) groups is 1. The van der Waals surface area contributed by atoms with E-state index in [0.717, 1.165) is 38.5 Å². The van der Waals surface area contributed by atoms with E-state index in [1.165, 1.54) is 5.57 Å². The molecule has 372 valence electrons. The van der Waals surface area contributed by atoms with Crippen molar-refractivity contribution in [2.75, 3.05) is 26.4 Å². The number of aliphatic hydroxyl groups is 11. The maximum Gasteiger partial charge on any atom is 0.315 e. The number of hydrogen-bond donors (Lipinski definition) is 11. The molecule has 0 spiro atoms. The first kappa shape index (κ1) is 50.0. The normalized spacial score (nSPS) is 54.3. The molecule has 0 radical (unpaired) electrons. The zero-order valence-corrected chi connectivity index (χ0v) is 38.6. The largest absolute Gasteiger partial charge is 0.432 e. The van der Waals surface area contributed by atoms with Gasteiger partial charge >= 0.3 is 5.97 Å². The fraction of sp³-hybridized carbons (Fsp3) is 0.936. The van der Waals surface area contributed by atoms with Crippen molar-refractivity contribution in [1.29, 1.82) is 0 Å². The lowest BCUT2D eigenvalue weighted by molar-refractivity contribution is -0.328. The van der Waals surface area contributed by atoms with Gasteiger partial charge in [0.15, 0.2) is 12.6 Å². The zero-order chi connectivity index (χ0) is 47.4. The number of allylic oxidation sites excluding steroid dienone is 2. The maximum atomic E-state index is 14.9. The lowest BCUT2D eigenvalue weighted by Crippen LogP contribution is -2.67. The Morgan fingerprint density at radius 2 is 1.32 bits per heavy atom. The number of rotatable bonds is 9. The zero-order valence-electron chi connectivity index (χ0n) is 38.6. The molecule has 8 rings (SSSR count). The molecule has 0 bridgehead atoms. The van der Waals surface area contributed by atoms with Crippen molar-refractivity contribution in [1.82, 2.24) is 0 Å². The molecule has 3 heterocycles. The second-order valence-corrected chi connectivity index (χ2v) is 22.9. The minimum Gasteiger partial charge on any atom is -0.432 e. The summed E-state index contributed by atoms with van der Waals surface area (Å²) in [6.07, 6.45) is -12.5. The third-order valence-electron chi connectivity index (χ3n) is 19.0. The average molecular weight is 929 g/mol. The van der Waals surface area contributed by atoms with Gasteiger partial charge in [0, 0.05) is 5.41 Å². The Labute approximate surface area is 380 Å². The van der Waals surface area contributed by atoms with Crippen LogP contribution in [0.5, 0.6) is 0 Å². The van der Waals surface area contributed by atoms with Crippen LogP contribution in [0.15, 0.2) is 11.6 Å². The van der Waals surface area contributed by atoms with E-state index in [9.17, 15) is 61.0 Å². The van der Waals surface area contributed by atoms with Crippen LogP contribution in [-0.2, 0) is 33.2 Å². The van der Waals surface area contributed by atoms with Crippen molar-refractivity contribution < 1.29 is 89.4 Å². The van der Waals surface area contributed by atoms with Crippen molar-refractivity contribution in [3.05, 3.63) is 11.6 Å². The topological polar surface area (TPSA) is 295 Å². The van der Waals surface area contributed by atoms with Crippen LogP contribution in [0.1, 0.15) is 106 Å². The van der Waals surface area contributed by atoms with Crippen LogP contribution < -0.4 is 0 Å². The van der Waals surface area contributed by atoms with Crippen molar-refractivity contribution in [3.8, 4) is 0 Å². The summed E-state index contributed by atoms with van der Waals surface area (Å²) in [4.78, 5) is 14.9. The van der Waals surface area contributed by atoms with E-state index in [1.54, 1.807) is 0 Å². The highest BCUT2D eigenvalue weighted by molar-refractivity contribution is 5.79. The summed E-state index contributed by atoms with van der Waals surface area (Å²) in [5.41, 5.74) is -1.23. The molecular weight excluding hydrogens is 852 g/mol. The van der Waals surface area contributed by atoms with E-state index < -0.39 is 122 Å². The lowest BCUT2D eigenvalue weighted by Gasteiger charge is -2.71. The Bertz CT molecular complexity index is 1760. The summed E-state index contributed by atoms with van der Waals surface area (Å²) < 4.78 is 35.2. The smallest absolute Gasteiger partial charge is 0.315 e. The van der Waals surface area contributed by atoms with Crippen molar-refractivity contribution in [2.45, 2.75) is 198 Å². The number of aliphatic hydroxyl groups excluding tert-OH is 11. The van der Waals surface area contributed by atoms with Gasteiger partial charge in [0.05, 0.1) is 37.9 Å². The molecule has 0 aromatic heterocycles. The van der Waals surface area contributed by atoms with Crippen molar-refractivity contribution in [2.24, 2.45) is 50.2 Å². The van der Waals surface area contributed by atoms with Crippen LogP contribution in [0, 0.1) is 50.2 Å². The Morgan fingerprint density at radius 1 is 0.692 bits per heavy atom. The summed E-state index contributed by atoms with van der Waals surface area (Å²) in [5, 5.41) is 116. The minimum atomic E-state index is -1.81. The SMILES string of the molecule is CC1(C)CCC2(C(=O)OC3O[C@H](COC4O[C@H](CO)[C@@H](O)[C@H](O)[C@H]4O)[C@@H](O)[C@H](O)[C@H]3O)CC[C@]3(C)C(=CCC4C5(C)CCC(O[C@@H]6OC[C@H](O)[C@H](O)[C@H]6O)[C@@](C)(CO)C5CCC43C)C2C1. The van der Waals surface area contributed by atoms with Gasteiger partial charge in [-0.1, -0.05) is 53.2 Å². The van der Waals surface area contributed by atoms with Gasteiger partial charge in [0.25, 0.3) is 0 Å². The van der Waals surface area contributed by atoms with Gasteiger partial charge in [0.2, 0.25) is 6.29 Å². The van der Waals surface area contributed by atoms with Gasteiger partial charge in [0.1, 0.15) is 67.1 Å². The molecule has 0 aromatic rings. The fourth-order valence-electron chi connectivity index (χ4n) is 14.7. The van der Waals surface area contributed by atoms with Gasteiger partial charge in [-0.3, -0.25) is 4.79 Å². The molecular formula is C47H76O18. The highest BCUT2D eigenvalue weighted by atomic mass is 16.7. The number of carbonyl (C=O) groups excluding carboxylic acids is 1. The Kier molecular flexibility index (Phi) is 13.7. The van der Waals surface area contributed by atoms with Crippen LogP contribution in [0.2, 0.25) is 0 Å². The lowest BCUT2D eigenvalue weighted by atomic mass is 9.33. The number of fused-ring (bicyclic) bond motifs is 7. The number of ether oxygens (including phenoxy) is 6.